The minimum Gasteiger partial charge on any atom is -0.461 e. The van der Waals surface area contributed by atoms with Crippen LogP contribution in [-0.2, 0) is 9.84 Å². The van der Waals surface area contributed by atoms with Crippen molar-refractivity contribution in [2.45, 2.75) is 4.90 Å². The molecule has 6 heteroatoms. The smallest absolute Gasteiger partial charge is 0.213 e. The summed E-state index contributed by atoms with van der Waals surface area (Å²) in [5.74, 6) is -2.45. The van der Waals surface area contributed by atoms with E-state index in [0.29, 0.717) is 0 Å². The quantitative estimate of drug-likeness (QED) is 0.796. The number of furan rings is 1. The summed E-state index contributed by atoms with van der Waals surface area (Å²) >= 11 is 0. The average Bonchev–Trinajstić information content (AvgIpc) is 2.82. The molecule has 0 atom stereocenters. The zero-order chi connectivity index (χ0) is 13.2. The summed E-state index contributed by atoms with van der Waals surface area (Å²) in [6, 6.07) is 7.77. The molecule has 0 aliphatic heterocycles. The Balaban J connectivity index is 2.29. The second-order valence-corrected chi connectivity index (χ2v) is 5.55. The Morgan fingerprint density at radius 1 is 1.17 bits per heavy atom. The van der Waals surface area contributed by atoms with Gasteiger partial charge in [-0.2, -0.15) is 0 Å². The number of carbonyl (C=O) groups excluding carboxylic acids is 1. The van der Waals surface area contributed by atoms with Crippen LogP contribution in [0.2, 0.25) is 0 Å². The van der Waals surface area contributed by atoms with E-state index in [9.17, 15) is 17.6 Å². The molecule has 0 unspecified atom stereocenters. The van der Waals surface area contributed by atoms with Crippen molar-refractivity contribution in [2.75, 3.05) is 5.75 Å². The molecule has 2 aromatic rings. The molecular formula is C12H9FO4S. The van der Waals surface area contributed by atoms with Crippen molar-refractivity contribution >= 4 is 15.6 Å². The van der Waals surface area contributed by atoms with Gasteiger partial charge in [-0.1, -0.05) is 12.1 Å². The highest BCUT2D eigenvalue weighted by molar-refractivity contribution is 7.92. The number of ketones is 1. The summed E-state index contributed by atoms with van der Waals surface area (Å²) < 4.78 is 41.9. The summed E-state index contributed by atoms with van der Waals surface area (Å²) in [6.45, 7) is 0. The molecule has 0 radical (unpaired) electrons. The predicted octanol–water partition coefficient (Wildman–Crippen LogP) is 2.08. The lowest BCUT2D eigenvalue weighted by molar-refractivity contribution is 0.0990. The first-order valence-corrected chi connectivity index (χ1v) is 6.70. The van der Waals surface area contributed by atoms with Crippen LogP contribution < -0.4 is 0 Å². The molecule has 94 valence electrons. The molecule has 1 aromatic heterocycles. The van der Waals surface area contributed by atoms with Gasteiger partial charge in [0, 0.05) is 0 Å². The van der Waals surface area contributed by atoms with Gasteiger partial charge < -0.3 is 4.42 Å². The van der Waals surface area contributed by atoms with Gasteiger partial charge in [-0.25, -0.2) is 12.8 Å². The lowest BCUT2D eigenvalue weighted by Crippen LogP contribution is -2.17. The standard InChI is InChI=1S/C12H9FO4S/c13-9-4-1-2-6-12(9)18(15,16)8-10(14)11-5-3-7-17-11/h1-7H,8H2. The Hall–Kier alpha value is -1.95. The number of carbonyl (C=O) groups is 1. The fourth-order valence-electron chi connectivity index (χ4n) is 1.46. The second kappa shape index (κ2) is 4.73. The van der Waals surface area contributed by atoms with Gasteiger partial charge in [0.1, 0.15) is 16.5 Å². The number of hydrogen-bond donors (Lipinski definition) is 0. The molecule has 0 saturated carbocycles. The van der Waals surface area contributed by atoms with Crippen LogP contribution in [-0.4, -0.2) is 20.0 Å². The van der Waals surface area contributed by atoms with Gasteiger partial charge >= 0.3 is 0 Å². The van der Waals surface area contributed by atoms with E-state index in [1.807, 2.05) is 0 Å². The minimum absolute atomic E-state index is 0.0603. The average molecular weight is 268 g/mol. The van der Waals surface area contributed by atoms with Crippen LogP contribution in [0.4, 0.5) is 4.39 Å². The van der Waals surface area contributed by atoms with Crippen molar-refractivity contribution in [1.82, 2.24) is 0 Å². The van der Waals surface area contributed by atoms with Crippen LogP contribution in [0.15, 0.2) is 52.0 Å². The summed E-state index contributed by atoms with van der Waals surface area (Å²) in [7, 11) is -4.00. The van der Waals surface area contributed by atoms with Crippen molar-refractivity contribution in [3.8, 4) is 0 Å². The zero-order valence-corrected chi connectivity index (χ0v) is 9.98. The topological polar surface area (TPSA) is 64.3 Å². The predicted molar refractivity (Wildman–Crippen MR) is 61.5 cm³/mol. The first-order valence-electron chi connectivity index (χ1n) is 5.05. The van der Waals surface area contributed by atoms with Gasteiger partial charge in [0.05, 0.1) is 6.26 Å². The number of rotatable bonds is 4. The first kappa shape index (κ1) is 12.5. The fourth-order valence-corrected chi connectivity index (χ4v) is 2.75. The highest BCUT2D eigenvalue weighted by atomic mass is 32.2. The SMILES string of the molecule is O=C(CS(=O)(=O)c1ccccc1F)c1ccco1. The van der Waals surface area contributed by atoms with Crippen molar-refractivity contribution in [3.05, 3.63) is 54.2 Å². The Bertz CT molecular complexity index is 659. The minimum atomic E-state index is -4.00. The molecule has 4 nitrogen and oxygen atoms in total. The van der Waals surface area contributed by atoms with Crippen molar-refractivity contribution in [3.63, 3.8) is 0 Å². The normalized spacial score (nSPS) is 11.4. The molecule has 0 N–H and O–H groups in total. The molecule has 18 heavy (non-hydrogen) atoms. The number of sulfone groups is 1. The monoisotopic (exact) mass is 268 g/mol. The van der Waals surface area contributed by atoms with Crippen LogP contribution in [0.3, 0.4) is 0 Å². The van der Waals surface area contributed by atoms with Crippen LogP contribution in [0.5, 0.6) is 0 Å². The molecule has 0 bridgehead atoms. The van der Waals surface area contributed by atoms with E-state index in [1.165, 1.54) is 30.5 Å². The first-order chi connectivity index (χ1) is 8.50. The van der Waals surface area contributed by atoms with Crippen LogP contribution in [0.25, 0.3) is 0 Å². The van der Waals surface area contributed by atoms with E-state index < -0.39 is 32.1 Å². The summed E-state index contributed by atoms with van der Waals surface area (Å²) in [4.78, 5) is 11.1. The molecule has 0 fully saturated rings. The van der Waals surface area contributed by atoms with Gasteiger partial charge in [-0.15, -0.1) is 0 Å². The summed E-state index contributed by atoms with van der Waals surface area (Å²) in [6.07, 6.45) is 1.27. The Morgan fingerprint density at radius 2 is 1.89 bits per heavy atom. The fraction of sp³-hybridized carbons (Fsp3) is 0.0833. The summed E-state index contributed by atoms with van der Waals surface area (Å²) in [5, 5.41) is 0. The van der Waals surface area contributed by atoms with E-state index in [1.54, 1.807) is 0 Å². The lowest BCUT2D eigenvalue weighted by Gasteiger charge is -2.03. The maximum Gasteiger partial charge on any atom is 0.213 e. The Labute approximate surface area is 103 Å². The number of Topliss-reactive ketones (excluding diaryl/α,β-unsaturated/α-hetero) is 1. The molecule has 0 spiro atoms. The molecular weight excluding hydrogens is 259 g/mol. The van der Waals surface area contributed by atoms with E-state index in [0.717, 1.165) is 12.1 Å². The molecule has 1 aromatic carbocycles. The van der Waals surface area contributed by atoms with Crippen LogP contribution in [0, 0.1) is 5.82 Å². The highest BCUT2D eigenvalue weighted by Gasteiger charge is 2.24. The van der Waals surface area contributed by atoms with Gasteiger partial charge in [0.25, 0.3) is 0 Å². The molecule has 1 heterocycles. The van der Waals surface area contributed by atoms with Gasteiger partial charge in [0.2, 0.25) is 5.78 Å². The number of benzene rings is 1. The Morgan fingerprint density at radius 3 is 2.50 bits per heavy atom. The maximum absolute atomic E-state index is 13.4. The van der Waals surface area contributed by atoms with Crippen LogP contribution in [0.1, 0.15) is 10.6 Å². The summed E-state index contributed by atoms with van der Waals surface area (Å²) in [5.41, 5.74) is 0. The number of hydrogen-bond acceptors (Lipinski definition) is 4. The molecule has 0 aliphatic rings. The largest absolute Gasteiger partial charge is 0.461 e. The maximum atomic E-state index is 13.4. The van der Waals surface area contributed by atoms with Crippen molar-refractivity contribution < 1.29 is 22.0 Å². The van der Waals surface area contributed by atoms with Gasteiger partial charge in [-0.05, 0) is 24.3 Å². The van der Waals surface area contributed by atoms with E-state index >= 15 is 0 Å². The second-order valence-electron chi connectivity index (χ2n) is 3.59. The zero-order valence-electron chi connectivity index (χ0n) is 9.17. The lowest BCUT2D eigenvalue weighted by atomic mass is 10.3. The third-order valence-corrected chi connectivity index (χ3v) is 3.93. The number of halogens is 1. The van der Waals surface area contributed by atoms with Gasteiger partial charge in [-0.3, -0.25) is 4.79 Å². The third kappa shape index (κ3) is 2.48. The van der Waals surface area contributed by atoms with E-state index in [-0.39, 0.29) is 5.76 Å². The third-order valence-electron chi connectivity index (χ3n) is 2.29. The molecule has 0 amide bonds. The molecule has 2 rings (SSSR count). The van der Waals surface area contributed by atoms with E-state index in [4.69, 9.17) is 4.42 Å². The van der Waals surface area contributed by atoms with E-state index in [2.05, 4.69) is 0 Å². The van der Waals surface area contributed by atoms with Crippen molar-refractivity contribution in [1.29, 1.82) is 0 Å². The van der Waals surface area contributed by atoms with Crippen molar-refractivity contribution in [2.24, 2.45) is 0 Å². The van der Waals surface area contributed by atoms with Gasteiger partial charge in [0.15, 0.2) is 15.6 Å². The Kier molecular flexibility index (Phi) is 3.29. The highest BCUT2D eigenvalue weighted by Crippen LogP contribution is 2.16. The molecule has 0 aliphatic carbocycles. The van der Waals surface area contributed by atoms with Crippen LogP contribution >= 0.6 is 0 Å². The molecule has 0 saturated heterocycles.